The van der Waals surface area contributed by atoms with Crippen LogP contribution >= 0.6 is 11.3 Å². The molecule has 0 aromatic carbocycles. The number of hydrazine groups is 1. The highest BCUT2D eigenvalue weighted by atomic mass is 32.1. The summed E-state index contributed by atoms with van der Waals surface area (Å²) in [5.74, 6) is -0.508. The van der Waals surface area contributed by atoms with Crippen LogP contribution in [0.25, 0.3) is 0 Å². The van der Waals surface area contributed by atoms with Crippen LogP contribution in [0.5, 0.6) is 0 Å². The fraction of sp³-hybridized carbons (Fsp3) is 0.333. The quantitative estimate of drug-likeness (QED) is 0.585. The third-order valence-electron chi connectivity index (χ3n) is 3.37. The minimum Gasteiger partial charge on any atom is -0.375 e. The number of nitrogens with two attached hydrogens (primary N) is 1. The van der Waals surface area contributed by atoms with Gasteiger partial charge in [-0.05, 0) is 6.08 Å². The average Bonchev–Trinajstić information content (AvgIpc) is 3.19. The molecule has 0 spiro atoms. The maximum absolute atomic E-state index is 12.5. The van der Waals surface area contributed by atoms with E-state index in [1.807, 2.05) is 0 Å². The van der Waals surface area contributed by atoms with Gasteiger partial charge < -0.3 is 5.73 Å². The van der Waals surface area contributed by atoms with Crippen LogP contribution in [0.3, 0.4) is 0 Å². The van der Waals surface area contributed by atoms with E-state index in [1.54, 1.807) is 11.1 Å². The summed E-state index contributed by atoms with van der Waals surface area (Å²) >= 11 is 1.14. The molecule has 3 rings (SSSR count). The Kier molecular flexibility index (Phi) is 3.64. The summed E-state index contributed by atoms with van der Waals surface area (Å²) in [5, 5.41) is 13.9. The van der Waals surface area contributed by atoms with E-state index in [1.165, 1.54) is 17.5 Å². The lowest BCUT2D eigenvalue weighted by atomic mass is 10.2. The number of amides is 2. The van der Waals surface area contributed by atoms with Crippen LogP contribution in [0.4, 0.5) is 5.13 Å². The van der Waals surface area contributed by atoms with Crippen LogP contribution in [0.15, 0.2) is 17.3 Å². The molecule has 1 aromatic heterocycles. The number of nitrogen functional groups attached to an aromatic ring is 1. The molecule has 0 unspecified atom stereocenters. The van der Waals surface area contributed by atoms with Crippen LogP contribution < -0.4 is 5.73 Å². The molecule has 3 heterocycles. The van der Waals surface area contributed by atoms with Crippen molar-refractivity contribution in [3.8, 4) is 0 Å². The van der Waals surface area contributed by atoms with Gasteiger partial charge in [-0.1, -0.05) is 0 Å². The Morgan fingerprint density at radius 1 is 1.59 bits per heavy atom. The summed E-state index contributed by atoms with van der Waals surface area (Å²) in [5.41, 5.74) is 5.35. The number of rotatable bonds is 4. The van der Waals surface area contributed by atoms with Crippen LogP contribution in [-0.4, -0.2) is 57.8 Å². The third kappa shape index (κ3) is 2.26. The first-order valence-electron chi connectivity index (χ1n) is 6.49. The predicted octanol–water partition coefficient (Wildman–Crippen LogP) is -0.213. The van der Waals surface area contributed by atoms with Crippen molar-refractivity contribution < 1.29 is 14.4 Å². The zero-order valence-corrected chi connectivity index (χ0v) is 12.6. The summed E-state index contributed by atoms with van der Waals surface area (Å²) < 4.78 is 0. The Balaban J connectivity index is 1.83. The molecular weight excluding hydrogens is 308 g/mol. The monoisotopic (exact) mass is 322 g/mol. The van der Waals surface area contributed by atoms with Crippen molar-refractivity contribution in [3.05, 3.63) is 23.0 Å². The first-order chi connectivity index (χ1) is 10.5. The Bertz CT molecular complexity index is 684. The van der Waals surface area contributed by atoms with Crippen molar-refractivity contribution in [1.82, 2.24) is 20.1 Å². The molecule has 9 nitrogen and oxygen atoms in total. The molecule has 2 amide bonds. The topological polar surface area (TPSA) is 116 Å². The van der Waals surface area contributed by atoms with Gasteiger partial charge in [0.05, 0.1) is 7.11 Å². The maximum Gasteiger partial charge on any atom is 0.303 e. The first kappa shape index (κ1) is 14.6. The molecule has 1 saturated heterocycles. The Morgan fingerprint density at radius 3 is 3.00 bits per heavy atom. The molecule has 2 aliphatic heterocycles. The standard InChI is InChI=1S/C12H14N6O3S/c1-21-18(8-2-4-16-5-3-9(19)17(8)16)11(20)10(13)7-6-22-12(14)15-7/h2,6,13H,3-5H2,1H3,(H2,14,15). The number of hydrogen-bond acceptors (Lipinski definition) is 8. The SMILES string of the molecule is CON(C(=O)C(=N)c1csc(N)n1)C1=CCN2CCC(=O)N12. The number of carbonyl (C=O) groups excluding carboxylic acids is 2. The van der Waals surface area contributed by atoms with Crippen LogP contribution in [-0.2, 0) is 14.4 Å². The van der Waals surface area contributed by atoms with Gasteiger partial charge in [0.2, 0.25) is 5.91 Å². The summed E-state index contributed by atoms with van der Waals surface area (Å²) in [7, 11) is 1.31. The van der Waals surface area contributed by atoms with Gasteiger partial charge in [-0.3, -0.25) is 19.8 Å². The van der Waals surface area contributed by atoms with Crippen molar-refractivity contribution in [2.75, 3.05) is 25.9 Å². The highest BCUT2D eigenvalue weighted by molar-refractivity contribution is 7.13. The number of nitrogens with zero attached hydrogens (tertiary/aromatic N) is 4. The number of carbonyl (C=O) groups is 2. The Hall–Kier alpha value is -2.30. The lowest BCUT2D eigenvalue weighted by Gasteiger charge is -2.28. The lowest BCUT2D eigenvalue weighted by Crippen LogP contribution is -2.44. The molecule has 1 fully saturated rings. The molecule has 3 N–H and O–H groups in total. The van der Waals surface area contributed by atoms with Crippen LogP contribution in [0.2, 0.25) is 0 Å². The second-order valence-corrected chi connectivity index (χ2v) is 5.55. The van der Waals surface area contributed by atoms with Crippen LogP contribution in [0, 0.1) is 5.41 Å². The molecule has 22 heavy (non-hydrogen) atoms. The van der Waals surface area contributed by atoms with E-state index in [9.17, 15) is 9.59 Å². The highest BCUT2D eigenvalue weighted by Gasteiger charge is 2.40. The van der Waals surface area contributed by atoms with Crippen molar-refractivity contribution in [1.29, 1.82) is 5.41 Å². The van der Waals surface area contributed by atoms with Gasteiger partial charge in [0, 0.05) is 24.9 Å². The van der Waals surface area contributed by atoms with Crippen molar-refractivity contribution >= 4 is 34.0 Å². The summed E-state index contributed by atoms with van der Waals surface area (Å²) in [6, 6.07) is 0. The van der Waals surface area contributed by atoms with Gasteiger partial charge in [-0.25, -0.2) is 15.0 Å². The molecule has 116 valence electrons. The number of hydrogen-bond donors (Lipinski definition) is 2. The van der Waals surface area contributed by atoms with E-state index in [0.29, 0.717) is 25.3 Å². The van der Waals surface area contributed by atoms with E-state index in [-0.39, 0.29) is 22.4 Å². The van der Waals surface area contributed by atoms with Crippen molar-refractivity contribution in [2.24, 2.45) is 0 Å². The van der Waals surface area contributed by atoms with Crippen LogP contribution in [0.1, 0.15) is 12.1 Å². The largest absolute Gasteiger partial charge is 0.375 e. The molecule has 0 radical (unpaired) electrons. The molecule has 2 aliphatic rings. The van der Waals surface area contributed by atoms with Gasteiger partial charge in [-0.2, -0.15) is 5.06 Å². The Labute approximate surface area is 130 Å². The summed E-state index contributed by atoms with van der Waals surface area (Å²) in [4.78, 5) is 33.4. The maximum atomic E-state index is 12.5. The van der Waals surface area contributed by atoms with E-state index >= 15 is 0 Å². The third-order valence-corrected chi connectivity index (χ3v) is 4.05. The molecule has 10 heteroatoms. The molecule has 0 aliphatic carbocycles. The minimum atomic E-state index is -0.708. The smallest absolute Gasteiger partial charge is 0.303 e. The predicted molar refractivity (Wildman–Crippen MR) is 78.3 cm³/mol. The number of fused-ring (bicyclic) bond motifs is 1. The van der Waals surface area contributed by atoms with Crippen molar-refractivity contribution in [2.45, 2.75) is 6.42 Å². The van der Waals surface area contributed by atoms with E-state index < -0.39 is 5.91 Å². The number of thiazole rings is 1. The van der Waals surface area contributed by atoms with Gasteiger partial charge in [-0.15, -0.1) is 11.3 Å². The Morgan fingerprint density at radius 2 is 2.36 bits per heavy atom. The van der Waals surface area contributed by atoms with Crippen molar-refractivity contribution in [3.63, 3.8) is 0 Å². The fourth-order valence-corrected chi connectivity index (χ4v) is 2.92. The van der Waals surface area contributed by atoms with E-state index in [0.717, 1.165) is 16.4 Å². The lowest BCUT2D eigenvalue weighted by molar-refractivity contribution is -0.170. The summed E-state index contributed by atoms with van der Waals surface area (Å²) in [6.07, 6.45) is 2.10. The number of aromatic nitrogens is 1. The molecule has 0 atom stereocenters. The molecule has 0 saturated carbocycles. The van der Waals surface area contributed by atoms with Gasteiger partial charge in [0.1, 0.15) is 11.4 Å². The van der Waals surface area contributed by atoms with Gasteiger partial charge in [0.25, 0.3) is 0 Å². The van der Waals surface area contributed by atoms with E-state index in [2.05, 4.69) is 4.98 Å². The van der Waals surface area contributed by atoms with E-state index in [4.69, 9.17) is 16.0 Å². The fourth-order valence-electron chi connectivity index (χ4n) is 2.37. The molecule has 1 aromatic rings. The second-order valence-electron chi connectivity index (χ2n) is 4.66. The molecular formula is C12H14N6O3S. The number of hydroxylamine groups is 2. The summed E-state index contributed by atoms with van der Waals surface area (Å²) in [6.45, 7) is 1.12. The second kappa shape index (κ2) is 5.48. The first-order valence-corrected chi connectivity index (χ1v) is 7.37. The zero-order valence-electron chi connectivity index (χ0n) is 11.8. The minimum absolute atomic E-state index is 0.108. The average molecular weight is 322 g/mol. The normalized spacial score (nSPS) is 17.6. The molecule has 0 bridgehead atoms. The number of anilines is 1. The van der Waals surface area contributed by atoms with Gasteiger partial charge >= 0.3 is 5.91 Å². The zero-order chi connectivity index (χ0) is 15.9. The number of nitrogens with one attached hydrogen (secondary N) is 1. The highest BCUT2D eigenvalue weighted by Crippen LogP contribution is 2.27. The van der Waals surface area contributed by atoms with Gasteiger partial charge in [0.15, 0.2) is 11.0 Å².